The molecule has 1 aromatic carbocycles. The number of halogens is 2. The van der Waals surface area contributed by atoms with Gasteiger partial charge < -0.3 is 10.5 Å². The van der Waals surface area contributed by atoms with Crippen LogP contribution in [0.2, 0.25) is 0 Å². The molecule has 2 nitrogen and oxygen atoms in total. The highest BCUT2D eigenvalue weighted by Gasteiger charge is 2.21. The van der Waals surface area contributed by atoms with Gasteiger partial charge in [-0.3, -0.25) is 0 Å². The van der Waals surface area contributed by atoms with Crippen molar-refractivity contribution in [2.24, 2.45) is 5.73 Å². The van der Waals surface area contributed by atoms with E-state index in [0.717, 1.165) is 11.6 Å². The molecule has 4 heteroatoms. The Morgan fingerprint density at radius 3 is 2.93 bits per heavy atom. The quantitative estimate of drug-likeness (QED) is 0.808. The summed E-state index contributed by atoms with van der Waals surface area (Å²) in [5.74, 6) is -1.21. The first-order chi connectivity index (χ1) is 7.24. The summed E-state index contributed by atoms with van der Waals surface area (Å²) in [4.78, 5) is 0. The number of hydrogen-bond acceptors (Lipinski definition) is 2. The molecule has 1 radical (unpaired) electrons. The number of hydrogen-bond donors (Lipinski definition) is 1. The zero-order valence-corrected chi connectivity index (χ0v) is 8.22. The van der Waals surface area contributed by atoms with Crippen LogP contribution in [0.15, 0.2) is 6.07 Å². The fourth-order valence-electron chi connectivity index (χ4n) is 1.80. The van der Waals surface area contributed by atoms with Gasteiger partial charge in [-0.15, -0.1) is 0 Å². The SMILES string of the molecule is NCCc1c(F)c(F)cc2c1C[CH]CO2. The molecule has 0 atom stereocenters. The van der Waals surface area contributed by atoms with Crippen molar-refractivity contribution in [2.45, 2.75) is 12.8 Å². The molecule has 1 heterocycles. The van der Waals surface area contributed by atoms with Gasteiger partial charge in [-0.25, -0.2) is 8.78 Å². The summed E-state index contributed by atoms with van der Waals surface area (Å²) < 4.78 is 31.9. The normalized spacial score (nSPS) is 14.6. The van der Waals surface area contributed by atoms with E-state index in [1.807, 2.05) is 6.42 Å². The molecule has 0 bridgehead atoms. The maximum absolute atomic E-state index is 13.5. The number of ether oxygens (including phenoxy) is 1. The molecule has 1 aromatic rings. The highest BCUT2D eigenvalue weighted by Crippen LogP contribution is 2.31. The number of fused-ring (bicyclic) bond motifs is 1. The van der Waals surface area contributed by atoms with Crippen molar-refractivity contribution >= 4 is 0 Å². The summed E-state index contributed by atoms with van der Waals surface area (Å²) >= 11 is 0. The highest BCUT2D eigenvalue weighted by atomic mass is 19.2. The standard InChI is InChI=1S/C11H12F2NO/c12-9-6-10-7(2-1-5-15-10)8(3-4-14)11(9)13/h1,6H,2-5,14H2. The number of rotatable bonds is 2. The molecule has 15 heavy (non-hydrogen) atoms. The maximum atomic E-state index is 13.5. The summed E-state index contributed by atoms with van der Waals surface area (Å²) in [7, 11) is 0. The third-order valence-corrected chi connectivity index (χ3v) is 2.49. The van der Waals surface area contributed by atoms with Gasteiger partial charge in [-0.1, -0.05) is 0 Å². The van der Waals surface area contributed by atoms with E-state index in [1.54, 1.807) is 0 Å². The Labute approximate surface area is 87.0 Å². The minimum atomic E-state index is -0.862. The summed E-state index contributed by atoms with van der Waals surface area (Å²) in [6.07, 6.45) is 2.84. The van der Waals surface area contributed by atoms with Crippen LogP contribution in [0.5, 0.6) is 5.75 Å². The molecule has 81 valence electrons. The minimum Gasteiger partial charge on any atom is -0.493 e. The van der Waals surface area contributed by atoms with E-state index < -0.39 is 11.6 Å². The molecule has 0 saturated heterocycles. The minimum absolute atomic E-state index is 0.298. The third-order valence-electron chi connectivity index (χ3n) is 2.49. The second kappa shape index (κ2) is 4.14. The predicted octanol–water partition coefficient (Wildman–Crippen LogP) is 1.61. The third kappa shape index (κ3) is 1.81. The molecule has 1 aliphatic heterocycles. The van der Waals surface area contributed by atoms with Crippen molar-refractivity contribution in [3.63, 3.8) is 0 Å². The molecular formula is C11H12F2NO. The van der Waals surface area contributed by atoms with Crippen molar-refractivity contribution in [1.29, 1.82) is 0 Å². The first kappa shape index (κ1) is 10.4. The van der Waals surface area contributed by atoms with E-state index in [4.69, 9.17) is 10.5 Å². The van der Waals surface area contributed by atoms with Crippen LogP contribution >= 0.6 is 0 Å². The fourth-order valence-corrected chi connectivity index (χ4v) is 1.80. The van der Waals surface area contributed by atoms with Crippen LogP contribution < -0.4 is 10.5 Å². The fraction of sp³-hybridized carbons (Fsp3) is 0.364. The van der Waals surface area contributed by atoms with Crippen molar-refractivity contribution in [3.8, 4) is 5.75 Å². The summed E-state index contributed by atoms with van der Waals surface area (Å²) in [6.45, 7) is 0.743. The van der Waals surface area contributed by atoms with Crippen LogP contribution in [-0.2, 0) is 12.8 Å². The molecule has 0 saturated carbocycles. The average molecular weight is 212 g/mol. The summed E-state index contributed by atoms with van der Waals surface area (Å²) in [6, 6.07) is 1.11. The average Bonchev–Trinajstić information content (AvgIpc) is 2.25. The lowest BCUT2D eigenvalue weighted by Crippen LogP contribution is -2.16. The Bertz CT molecular complexity index is 379. The van der Waals surface area contributed by atoms with E-state index in [1.165, 1.54) is 0 Å². The Morgan fingerprint density at radius 2 is 2.20 bits per heavy atom. The smallest absolute Gasteiger partial charge is 0.162 e. The topological polar surface area (TPSA) is 35.2 Å². The predicted molar refractivity (Wildman–Crippen MR) is 52.6 cm³/mol. The first-order valence-corrected chi connectivity index (χ1v) is 4.88. The van der Waals surface area contributed by atoms with Gasteiger partial charge in [0.15, 0.2) is 11.6 Å². The van der Waals surface area contributed by atoms with Gasteiger partial charge in [0.2, 0.25) is 0 Å². The summed E-state index contributed by atoms with van der Waals surface area (Å²) in [5.41, 5.74) is 6.45. The van der Waals surface area contributed by atoms with Gasteiger partial charge in [0.1, 0.15) is 5.75 Å². The Hall–Kier alpha value is -1.16. The molecular weight excluding hydrogens is 200 g/mol. The lowest BCUT2D eigenvalue weighted by atomic mass is 9.97. The van der Waals surface area contributed by atoms with E-state index in [9.17, 15) is 8.78 Å². The molecule has 0 spiro atoms. The molecule has 0 aliphatic carbocycles. The van der Waals surface area contributed by atoms with Gasteiger partial charge in [0.05, 0.1) is 6.61 Å². The van der Waals surface area contributed by atoms with E-state index in [-0.39, 0.29) is 0 Å². The van der Waals surface area contributed by atoms with E-state index in [2.05, 4.69) is 0 Å². The Morgan fingerprint density at radius 1 is 1.40 bits per heavy atom. The maximum Gasteiger partial charge on any atom is 0.162 e. The van der Waals surface area contributed by atoms with Crippen LogP contribution in [-0.4, -0.2) is 13.2 Å². The van der Waals surface area contributed by atoms with Gasteiger partial charge in [-0.05, 0) is 24.9 Å². The van der Waals surface area contributed by atoms with Crippen LogP contribution in [0.1, 0.15) is 11.1 Å². The Kier molecular flexibility index (Phi) is 2.86. The van der Waals surface area contributed by atoms with Crippen LogP contribution in [0.4, 0.5) is 8.78 Å². The Balaban J connectivity index is 2.52. The molecule has 2 N–H and O–H groups in total. The monoisotopic (exact) mass is 212 g/mol. The van der Waals surface area contributed by atoms with E-state index >= 15 is 0 Å². The van der Waals surface area contributed by atoms with Gasteiger partial charge in [0, 0.05) is 18.1 Å². The van der Waals surface area contributed by atoms with Crippen molar-refractivity contribution in [1.82, 2.24) is 0 Å². The molecule has 0 aromatic heterocycles. The van der Waals surface area contributed by atoms with Gasteiger partial charge >= 0.3 is 0 Å². The first-order valence-electron chi connectivity index (χ1n) is 4.88. The molecule has 0 unspecified atom stereocenters. The molecule has 2 rings (SSSR count). The zero-order chi connectivity index (χ0) is 10.8. The largest absolute Gasteiger partial charge is 0.493 e. The van der Waals surface area contributed by atoms with Crippen molar-refractivity contribution < 1.29 is 13.5 Å². The molecule has 0 amide bonds. The lowest BCUT2D eigenvalue weighted by Gasteiger charge is -2.20. The molecule has 0 fully saturated rings. The lowest BCUT2D eigenvalue weighted by molar-refractivity contribution is 0.322. The van der Waals surface area contributed by atoms with Crippen molar-refractivity contribution in [3.05, 3.63) is 35.2 Å². The highest BCUT2D eigenvalue weighted by molar-refractivity contribution is 5.44. The molecule has 1 aliphatic rings. The number of nitrogens with two attached hydrogens (primary N) is 1. The van der Waals surface area contributed by atoms with Crippen LogP contribution in [0.3, 0.4) is 0 Å². The second-order valence-corrected chi connectivity index (χ2v) is 3.47. The zero-order valence-electron chi connectivity index (χ0n) is 8.22. The van der Waals surface area contributed by atoms with Gasteiger partial charge in [0.25, 0.3) is 0 Å². The van der Waals surface area contributed by atoms with Gasteiger partial charge in [-0.2, -0.15) is 0 Å². The van der Waals surface area contributed by atoms with E-state index in [0.29, 0.717) is 37.3 Å². The van der Waals surface area contributed by atoms with Crippen LogP contribution in [0.25, 0.3) is 0 Å². The van der Waals surface area contributed by atoms with Crippen LogP contribution in [0, 0.1) is 18.1 Å². The second-order valence-electron chi connectivity index (χ2n) is 3.47. The number of benzene rings is 1. The summed E-state index contributed by atoms with van der Waals surface area (Å²) in [5, 5.41) is 0. The van der Waals surface area contributed by atoms with Crippen molar-refractivity contribution in [2.75, 3.05) is 13.2 Å².